The normalized spacial score (nSPS) is 34.9. The summed E-state index contributed by atoms with van der Waals surface area (Å²) < 4.78 is 0. The van der Waals surface area contributed by atoms with Crippen LogP contribution in [0.15, 0.2) is 0 Å². The molecule has 0 N–H and O–H groups in total. The second-order valence-corrected chi connectivity index (χ2v) is 5.68. The van der Waals surface area contributed by atoms with Gasteiger partial charge < -0.3 is 0 Å². The lowest BCUT2D eigenvalue weighted by atomic mass is 9.77. The van der Waals surface area contributed by atoms with Crippen LogP contribution in [0, 0.1) is 17.8 Å². The lowest BCUT2D eigenvalue weighted by Crippen LogP contribution is -2.16. The topological polar surface area (TPSA) is 0 Å². The smallest absolute Gasteiger partial charge is 0.0411 e. The monoisotopic (exact) mass is 194 g/mol. The van der Waals surface area contributed by atoms with Crippen molar-refractivity contribution in [2.75, 3.05) is 0 Å². The lowest BCUT2D eigenvalue weighted by Gasteiger charge is -2.29. The van der Waals surface area contributed by atoms with Crippen molar-refractivity contribution in [2.45, 2.75) is 71.1 Å². The molecule has 2 aliphatic carbocycles. The van der Waals surface area contributed by atoms with E-state index in [9.17, 15) is 0 Å². The lowest BCUT2D eigenvalue weighted by molar-refractivity contribution is 0.232. The molecule has 0 aromatic heterocycles. The number of hydrogen-bond donors (Lipinski definition) is 0. The molecule has 2 fully saturated rings. The van der Waals surface area contributed by atoms with E-state index >= 15 is 0 Å². The van der Waals surface area contributed by atoms with E-state index in [-0.39, 0.29) is 0 Å². The number of hydrogen-bond acceptors (Lipinski definition) is 0. The summed E-state index contributed by atoms with van der Waals surface area (Å²) in [5, 5.41) is 0. The van der Waals surface area contributed by atoms with Gasteiger partial charge in [-0.25, -0.2) is 0 Å². The van der Waals surface area contributed by atoms with E-state index in [4.69, 9.17) is 0 Å². The van der Waals surface area contributed by atoms with Crippen LogP contribution in [0.5, 0.6) is 0 Å². The second-order valence-electron chi connectivity index (χ2n) is 5.68. The van der Waals surface area contributed by atoms with Gasteiger partial charge in [-0.2, -0.15) is 0 Å². The molecular weight excluding hydrogens is 168 g/mol. The van der Waals surface area contributed by atoms with Gasteiger partial charge in [0.15, 0.2) is 0 Å². The summed E-state index contributed by atoms with van der Waals surface area (Å²) >= 11 is 0. The van der Waals surface area contributed by atoms with Crippen LogP contribution in [0.1, 0.15) is 71.1 Å². The molecule has 0 saturated heterocycles. The summed E-state index contributed by atoms with van der Waals surface area (Å²) in [6, 6.07) is 0. The third-order valence-corrected chi connectivity index (χ3v) is 4.69. The zero-order valence-corrected chi connectivity index (χ0v) is 9.80. The molecule has 0 heterocycles. The molecule has 0 aliphatic heterocycles. The second kappa shape index (κ2) is 5.19. The Morgan fingerprint density at radius 3 is 1.79 bits per heavy atom. The zero-order valence-electron chi connectivity index (χ0n) is 9.80. The third kappa shape index (κ3) is 2.74. The fourth-order valence-electron chi connectivity index (χ4n) is 3.59. The molecule has 0 bridgehead atoms. The highest BCUT2D eigenvalue weighted by Crippen LogP contribution is 2.38. The maximum Gasteiger partial charge on any atom is -0.0411 e. The van der Waals surface area contributed by atoms with E-state index in [0.717, 1.165) is 17.8 Å². The summed E-state index contributed by atoms with van der Waals surface area (Å²) in [5.41, 5.74) is 0. The van der Waals surface area contributed by atoms with Crippen molar-refractivity contribution in [3.8, 4) is 0 Å². The van der Waals surface area contributed by atoms with Gasteiger partial charge >= 0.3 is 0 Å². The van der Waals surface area contributed by atoms with Crippen molar-refractivity contribution in [1.82, 2.24) is 0 Å². The first kappa shape index (κ1) is 10.5. The molecule has 0 heteroatoms. The van der Waals surface area contributed by atoms with Gasteiger partial charge in [0, 0.05) is 0 Å². The maximum atomic E-state index is 2.36. The molecule has 0 amide bonds. The standard InChI is InChI=1S/C14H26/c1-2-12-7-9-14(10-8-12)11-13-5-3-4-6-13/h12-14H,2-11H2,1H3. The van der Waals surface area contributed by atoms with Crippen molar-refractivity contribution < 1.29 is 0 Å². The van der Waals surface area contributed by atoms with Crippen molar-refractivity contribution >= 4 is 0 Å². The zero-order chi connectivity index (χ0) is 9.80. The first-order valence-corrected chi connectivity index (χ1v) is 6.88. The average molecular weight is 194 g/mol. The molecular formula is C14H26. The van der Waals surface area contributed by atoms with Crippen LogP contribution in [0.25, 0.3) is 0 Å². The fourth-order valence-corrected chi connectivity index (χ4v) is 3.59. The number of rotatable bonds is 3. The first-order chi connectivity index (χ1) is 6.88. The highest BCUT2D eigenvalue weighted by atomic mass is 14.3. The molecule has 0 radical (unpaired) electrons. The molecule has 0 spiro atoms. The summed E-state index contributed by atoms with van der Waals surface area (Å²) in [7, 11) is 0. The quantitative estimate of drug-likeness (QED) is 0.606. The van der Waals surface area contributed by atoms with E-state index in [1.807, 2.05) is 0 Å². The van der Waals surface area contributed by atoms with Gasteiger partial charge in [0.05, 0.1) is 0 Å². The van der Waals surface area contributed by atoms with Gasteiger partial charge in [0.25, 0.3) is 0 Å². The van der Waals surface area contributed by atoms with Gasteiger partial charge in [-0.1, -0.05) is 64.7 Å². The van der Waals surface area contributed by atoms with E-state index in [2.05, 4.69) is 6.92 Å². The Labute approximate surface area is 89.5 Å². The molecule has 2 rings (SSSR count). The fraction of sp³-hybridized carbons (Fsp3) is 1.00. The van der Waals surface area contributed by atoms with Crippen molar-refractivity contribution in [3.63, 3.8) is 0 Å². The first-order valence-electron chi connectivity index (χ1n) is 6.88. The van der Waals surface area contributed by atoms with E-state index < -0.39 is 0 Å². The molecule has 0 unspecified atom stereocenters. The van der Waals surface area contributed by atoms with Crippen LogP contribution >= 0.6 is 0 Å². The van der Waals surface area contributed by atoms with Gasteiger partial charge in [-0.3, -0.25) is 0 Å². The van der Waals surface area contributed by atoms with Crippen LogP contribution in [0.2, 0.25) is 0 Å². The Morgan fingerprint density at radius 1 is 0.714 bits per heavy atom. The van der Waals surface area contributed by atoms with Crippen molar-refractivity contribution in [1.29, 1.82) is 0 Å². The highest BCUT2D eigenvalue weighted by molar-refractivity contribution is 4.76. The van der Waals surface area contributed by atoms with Crippen molar-refractivity contribution in [2.24, 2.45) is 17.8 Å². The minimum Gasteiger partial charge on any atom is -0.0651 e. The van der Waals surface area contributed by atoms with E-state index in [0.29, 0.717) is 0 Å². The molecule has 82 valence electrons. The van der Waals surface area contributed by atoms with Crippen LogP contribution in [-0.2, 0) is 0 Å². The van der Waals surface area contributed by atoms with E-state index in [1.54, 1.807) is 32.1 Å². The van der Waals surface area contributed by atoms with E-state index in [1.165, 1.54) is 32.1 Å². The minimum atomic E-state index is 1.08. The summed E-state index contributed by atoms with van der Waals surface area (Å²) in [6.07, 6.45) is 15.3. The third-order valence-electron chi connectivity index (χ3n) is 4.69. The highest BCUT2D eigenvalue weighted by Gasteiger charge is 2.24. The Kier molecular flexibility index (Phi) is 3.89. The minimum absolute atomic E-state index is 1.08. The molecule has 0 nitrogen and oxygen atoms in total. The largest absolute Gasteiger partial charge is 0.0651 e. The molecule has 14 heavy (non-hydrogen) atoms. The van der Waals surface area contributed by atoms with Crippen molar-refractivity contribution in [3.05, 3.63) is 0 Å². The summed E-state index contributed by atoms with van der Waals surface area (Å²) in [5.74, 6) is 3.31. The van der Waals surface area contributed by atoms with Gasteiger partial charge in [0.2, 0.25) is 0 Å². The molecule has 0 aromatic rings. The predicted octanol–water partition coefficient (Wildman–Crippen LogP) is 4.78. The van der Waals surface area contributed by atoms with Crippen LogP contribution < -0.4 is 0 Å². The van der Waals surface area contributed by atoms with Crippen LogP contribution in [-0.4, -0.2) is 0 Å². The molecule has 0 atom stereocenters. The average Bonchev–Trinajstić information content (AvgIpc) is 2.72. The Bertz CT molecular complexity index is 147. The van der Waals surface area contributed by atoms with Gasteiger partial charge in [-0.15, -0.1) is 0 Å². The maximum absolute atomic E-state index is 2.36. The van der Waals surface area contributed by atoms with Crippen LogP contribution in [0.4, 0.5) is 0 Å². The Morgan fingerprint density at radius 2 is 1.21 bits per heavy atom. The summed E-state index contributed by atoms with van der Waals surface area (Å²) in [6.45, 7) is 2.36. The molecule has 0 aromatic carbocycles. The van der Waals surface area contributed by atoms with Gasteiger partial charge in [-0.05, 0) is 24.2 Å². The van der Waals surface area contributed by atoms with Crippen LogP contribution in [0.3, 0.4) is 0 Å². The Hall–Kier alpha value is 0. The molecule has 2 saturated carbocycles. The Balaban J connectivity index is 1.67. The predicted molar refractivity (Wildman–Crippen MR) is 62.3 cm³/mol. The summed E-state index contributed by atoms with van der Waals surface area (Å²) in [4.78, 5) is 0. The SMILES string of the molecule is CCC1CCC(CC2CCCC2)CC1. The molecule has 2 aliphatic rings. The van der Waals surface area contributed by atoms with Gasteiger partial charge in [0.1, 0.15) is 0 Å².